The van der Waals surface area contributed by atoms with E-state index in [9.17, 15) is 9.90 Å². The first kappa shape index (κ1) is 11.5. The minimum absolute atomic E-state index is 0.138. The molecule has 14 heavy (non-hydrogen) atoms. The van der Waals surface area contributed by atoms with E-state index < -0.39 is 5.60 Å². The minimum Gasteiger partial charge on any atom is -0.466 e. The van der Waals surface area contributed by atoms with Crippen molar-refractivity contribution in [2.75, 3.05) is 6.61 Å². The summed E-state index contributed by atoms with van der Waals surface area (Å²) >= 11 is 0. The molecule has 0 radical (unpaired) electrons. The average Bonchev–Trinajstić information content (AvgIpc) is 2.01. The number of ether oxygens (including phenoxy) is 1. The Bertz CT molecular complexity index is 207. The van der Waals surface area contributed by atoms with Crippen LogP contribution in [0.1, 0.15) is 40.0 Å². The molecule has 0 aromatic heterocycles. The van der Waals surface area contributed by atoms with Gasteiger partial charge in [0.1, 0.15) is 0 Å². The Balaban J connectivity index is 2.68. The number of rotatable bonds is 4. The number of hydrogen-bond donors (Lipinski definition) is 1. The molecular weight excluding hydrogens is 180 g/mol. The number of hydrogen-bond acceptors (Lipinski definition) is 3. The molecule has 1 unspecified atom stereocenters. The summed E-state index contributed by atoms with van der Waals surface area (Å²) in [6.45, 7) is 6.09. The monoisotopic (exact) mass is 200 g/mol. The van der Waals surface area contributed by atoms with Crippen molar-refractivity contribution in [3.05, 3.63) is 0 Å². The van der Waals surface area contributed by atoms with Crippen molar-refractivity contribution in [1.29, 1.82) is 0 Å². The van der Waals surface area contributed by atoms with Crippen LogP contribution in [0.3, 0.4) is 0 Å². The van der Waals surface area contributed by atoms with Crippen LogP contribution in [-0.2, 0) is 9.53 Å². The summed E-state index contributed by atoms with van der Waals surface area (Å²) in [6.07, 6.45) is 2.47. The van der Waals surface area contributed by atoms with Crippen LogP contribution in [0.4, 0.5) is 0 Å². The molecule has 1 aliphatic rings. The highest BCUT2D eigenvalue weighted by molar-refractivity contribution is 5.74. The molecule has 0 aromatic rings. The maximum Gasteiger partial charge on any atom is 0.312 e. The topological polar surface area (TPSA) is 46.5 Å². The lowest BCUT2D eigenvalue weighted by Gasteiger charge is -2.43. The number of aliphatic hydroxyl groups is 1. The predicted octanol–water partition coefficient (Wildman–Crippen LogP) is 1.74. The van der Waals surface area contributed by atoms with E-state index in [1.54, 1.807) is 6.92 Å². The van der Waals surface area contributed by atoms with E-state index in [1.165, 1.54) is 0 Å². The standard InChI is InChI=1S/C11H20O3/c1-4-14-10(12)9(8(2)3)11(13)6-5-7-11/h8-9,13H,4-7H2,1-3H3. The summed E-state index contributed by atoms with van der Waals surface area (Å²) in [4.78, 5) is 11.6. The van der Waals surface area contributed by atoms with Gasteiger partial charge in [-0.2, -0.15) is 0 Å². The molecule has 3 heteroatoms. The highest BCUT2D eigenvalue weighted by atomic mass is 16.5. The van der Waals surface area contributed by atoms with Gasteiger partial charge in [-0.05, 0) is 32.1 Å². The zero-order valence-electron chi connectivity index (χ0n) is 9.25. The third-order valence-corrected chi connectivity index (χ3v) is 3.01. The van der Waals surface area contributed by atoms with Gasteiger partial charge in [-0.15, -0.1) is 0 Å². The molecule has 0 saturated heterocycles. The highest BCUT2D eigenvalue weighted by Crippen LogP contribution is 2.42. The number of carbonyl (C=O) groups is 1. The Morgan fingerprint density at radius 2 is 2.07 bits per heavy atom. The van der Waals surface area contributed by atoms with E-state index in [2.05, 4.69) is 0 Å². The molecule has 1 rings (SSSR count). The first-order chi connectivity index (χ1) is 6.51. The summed E-state index contributed by atoms with van der Waals surface area (Å²) < 4.78 is 4.99. The van der Waals surface area contributed by atoms with Crippen molar-refractivity contribution < 1.29 is 14.6 Å². The molecule has 1 N–H and O–H groups in total. The third kappa shape index (κ3) is 2.08. The molecular formula is C11H20O3. The van der Waals surface area contributed by atoms with E-state index in [0.717, 1.165) is 19.3 Å². The Hall–Kier alpha value is -0.570. The van der Waals surface area contributed by atoms with Crippen molar-refractivity contribution >= 4 is 5.97 Å². The van der Waals surface area contributed by atoms with E-state index in [4.69, 9.17) is 4.74 Å². The van der Waals surface area contributed by atoms with E-state index in [-0.39, 0.29) is 17.8 Å². The van der Waals surface area contributed by atoms with Gasteiger partial charge >= 0.3 is 5.97 Å². The molecule has 0 aliphatic heterocycles. The molecule has 0 spiro atoms. The molecule has 1 atom stereocenters. The molecule has 0 bridgehead atoms. The lowest BCUT2D eigenvalue weighted by molar-refractivity contribution is -0.170. The first-order valence-corrected chi connectivity index (χ1v) is 5.40. The second-order valence-electron chi connectivity index (χ2n) is 4.43. The molecule has 0 aromatic carbocycles. The van der Waals surface area contributed by atoms with E-state index in [0.29, 0.717) is 6.61 Å². The quantitative estimate of drug-likeness (QED) is 0.703. The van der Waals surface area contributed by atoms with Crippen molar-refractivity contribution in [2.24, 2.45) is 11.8 Å². The fourth-order valence-electron chi connectivity index (χ4n) is 2.19. The zero-order valence-corrected chi connectivity index (χ0v) is 9.25. The maximum atomic E-state index is 11.6. The first-order valence-electron chi connectivity index (χ1n) is 5.40. The molecule has 1 aliphatic carbocycles. The van der Waals surface area contributed by atoms with Gasteiger partial charge in [0, 0.05) is 0 Å². The summed E-state index contributed by atoms with van der Waals surface area (Å²) in [7, 11) is 0. The van der Waals surface area contributed by atoms with Gasteiger partial charge in [-0.1, -0.05) is 13.8 Å². The second kappa shape index (κ2) is 4.30. The smallest absolute Gasteiger partial charge is 0.312 e. The van der Waals surface area contributed by atoms with Crippen LogP contribution in [0.15, 0.2) is 0 Å². The summed E-state index contributed by atoms with van der Waals surface area (Å²) in [5, 5.41) is 10.1. The van der Waals surface area contributed by atoms with Gasteiger partial charge in [0.2, 0.25) is 0 Å². The molecule has 82 valence electrons. The Morgan fingerprint density at radius 3 is 2.36 bits per heavy atom. The fourth-order valence-corrected chi connectivity index (χ4v) is 2.19. The molecule has 3 nitrogen and oxygen atoms in total. The molecule has 0 heterocycles. The molecule has 1 saturated carbocycles. The van der Waals surface area contributed by atoms with Crippen LogP contribution in [0.5, 0.6) is 0 Å². The van der Waals surface area contributed by atoms with Gasteiger partial charge in [0.15, 0.2) is 0 Å². The third-order valence-electron chi connectivity index (χ3n) is 3.01. The minimum atomic E-state index is -0.791. The van der Waals surface area contributed by atoms with Crippen LogP contribution in [0.2, 0.25) is 0 Å². The lowest BCUT2D eigenvalue weighted by Crippen LogP contribution is -2.50. The maximum absolute atomic E-state index is 11.6. The lowest BCUT2D eigenvalue weighted by atomic mass is 9.67. The zero-order chi connectivity index (χ0) is 10.8. The molecule has 0 amide bonds. The van der Waals surface area contributed by atoms with Gasteiger partial charge in [0.25, 0.3) is 0 Å². The van der Waals surface area contributed by atoms with E-state index in [1.807, 2.05) is 13.8 Å². The van der Waals surface area contributed by atoms with Crippen molar-refractivity contribution in [1.82, 2.24) is 0 Å². The van der Waals surface area contributed by atoms with E-state index >= 15 is 0 Å². The van der Waals surface area contributed by atoms with Crippen LogP contribution in [0, 0.1) is 11.8 Å². The summed E-state index contributed by atoms with van der Waals surface area (Å²) in [6, 6.07) is 0. The summed E-state index contributed by atoms with van der Waals surface area (Å²) in [5.74, 6) is -0.458. The second-order valence-corrected chi connectivity index (χ2v) is 4.43. The van der Waals surface area contributed by atoms with Gasteiger partial charge < -0.3 is 9.84 Å². The van der Waals surface area contributed by atoms with Crippen LogP contribution in [0.25, 0.3) is 0 Å². The van der Waals surface area contributed by atoms with Gasteiger partial charge in [-0.25, -0.2) is 0 Å². The van der Waals surface area contributed by atoms with Crippen LogP contribution >= 0.6 is 0 Å². The largest absolute Gasteiger partial charge is 0.466 e. The number of carbonyl (C=O) groups excluding carboxylic acids is 1. The fraction of sp³-hybridized carbons (Fsp3) is 0.909. The normalized spacial score (nSPS) is 21.5. The van der Waals surface area contributed by atoms with Crippen LogP contribution in [-0.4, -0.2) is 23.3 Å². The van der Waals surface area contributed by atoms with Crippen LogP contribution < -0.4 is 0 Å². The van der Waals surface area contributed by atoms with Gasteiger partial charge in [0.05, 0.1) is 18.1 Å². The Labute approximate surface area is 85.5 Å². The van der Waals surface area contributed by atoms with Crippen molar-refractivity contribution in [3.63, 3.8) is 0 Å². The SMILES string of the molecule is CCOC(=O)C(C(C)C)C1(O)CCC1. The Kier molecular flexibility index (Phi) is 3.53. The van der Waals surface area contributed by atoms with Gasteiger partial charge in [-0.3, -0.25) is 4.79 Å². The van der Waals surface area contributed by atoms with Crippen molar-refractivity contribution in [3.8, 4) is 0 Å². The average molecular weight is 200 g/mol. The molecule has 1 fully saturated rings. The number of esters is 1. The predicted molar refractivity (Wildman–Crippen MR) is 53.8 cm³/mol. The Morgan fingerprint density at radius 1 is 1.50 bits per heavy atom. The highest BCUT2D eigenvalue weighted by Gasteiger charge is 2.48. The van der Waals surface area contributed by atoms with Crippen molar-refractivity contribution in [2.45, 2.75) is 45.6 Å². The summed E-state index contributed by atoms with van der Waals surface area (Å²) in [5.41, 5.74) is -0.791.